The Morgan fingerprint density at radius 3 is 2.29 bits per heavy atom. The molecule has 7 heavy (non-hydrogen) atoms. The summed E-state index contributed by atoms with van der Waals surface area (Å²) in [5.41, 5.74) is 0. The zero-order chi connectivity index (χ0) is 5.70. The lowest BCUT2D eigenvalue weighted by Crippen LogP contribution is -1.84. The van der Waals surface area contributed by atoms with Gasteiger partial charge in [0.05, 0.1) is 0 Å². The van der Waals surface area contributed by atoms with Gasteiger partial charge in [-0.1, -0.05) is 10.3 Å². The summed E-state index contributed by atoms with van der Waals surface area (Å²) in [6.45, 7) is 0. The van der Waals surface area contributed by atoms with Crippen molar-refractivity contribution in [2.45, 2.75) is 0 Å². The summed E-state index contributed by atoms with van der Waals surface area (Å²) in [6.07, 6.45) is 0.944. The number of halogens is 1. The molecule has 0 saturated carbocycles. The Morgan fingerprint density at radius 2 is 2.14 bits per heavy atom. The van der Waals surface area contributed by atoms with E-state index in [1.807, 2.05) is 0 Å². The van der Waals surface area contributed by atoms with E-state index in [9.17, 15) is 0 Å². The largest absolute Gasteiger partial charge is 0.411 e. The number of oxime groups is 2. The van der Waals surface area contributed by atoms with Gasteiger partial charge in [-0.25, -0.2) is 0 Å². The maximum absolute atomic E-state index is 7.80. The van der Waals surface area contributed by atoms with Crippen molar-refractivity contribution in [1.82, 2.24) is 0 Å². The molecule has 0 aliphatic carbocycles. The summed E-state index contributed by atoms with van der Waals surface area (Å²) >= 11 is 2.73. The van der Waals surface area contributed by atoms with Crippen LogP contribution in [0.3, 0.4) is 0 Å². The lowest BCUT2D eigenvalue weighted by molar-refractivity contribution is 0.317. The van der Waals surface area contributed by atoms with Crippen LogP contribution in [0.4, 0.5) is 0 Å². The molecule has 0 fully saturated rings. The standard InChI is InChI=1S/C2H3BrN2O2/c3-2(5-7)1-4-6/h1,6-7H/b4-1-,5-2+. The smallest absolute Gasteiger partial charge is 0.166 e. The number of nitrogens with zero attached hydrogens (tertiary/aromatic N) is 2. The van der Waals surface area contributed by atoms with Crippen LogP contribution >= 0.6 is 15.9 Å². The molecule has 2 N–H and O–H groups in total. The van der Waals surface area contributed by atoms with Gasteiger partial charge in [0.2, 0.25) is 0 Å². The van der Waals surface area contributed by atoms with Crippen molar-refractivity contribution in [2.24, 2.45) is 10.3 Å². The number of hydrogen-bond donors (Lipinski definition) is 2. The highest BCUT2D eigenvalue weighted by Crippen LogP contribution is 1.81. The van der Waals surface area contributed by atoms with Crippen molar-refractivity contribution in [2.75, 3.05) is 0 Å². The second kappa shape index (κ2) is 3.60. The lowest BCUT2D eigenvalue weighted by Gasteiger charge is -1.74. The summed E-state index contributed by atoms with van der Waals surface area (Å²) in [5, 5.41) is 20.7. The van der Waals surface area contributed by atoms with Crippen LogP contribution in [0.1, 0.15) is 0 Å². The molecule has 0 heterocycles. The minimum atomic E-state index is 0.0787. The van der Waals surface area contributed by atoms with Gasteiger partial charge in [0.15, 0.2) is 4.62 Å². The first kappa shape index (κ1) is 6.42. The molecule has 0 bridgehead atoms. The van der Waals surface area contributed by atoms with Crippen molar-refractivity contribution in [3.05, 3.63) is 0 Å². The van der Waals surface area contributed by atoms with Gasteiger partial charge in [0.25, 0.3) is 0 Å². The molecule has 5 heteroatoms. The predicted molar refractivity (Wildman–Crippen MR) is 28.4 cm³/mol. The normalized spacial score (nSPS) is 13.0. The first-order valence-corrected chi connectivity index (χ1v) is 2.15. The molecule has 0 aromatic heterocycles. The molecule has 0 aliphatic rings. The Kier molecular flexibility index (Phi) is 3.31. The molecule has 0 aromatic rings. The second-order valence-electron chi connectivity index (χ2n) is 0.667. The molecule has 0 aliphatic heterocycles. The molecule has 0 amide bonds. The van der Waals surface area contributed by atoms with Crippen molar-refractivity contribution >= 4 is 26.8 Å². The first-order valence-electron chi connectivity index (χ1n) is 1.36. The molecule has 0 rings (SSSR count). The second-order valence-corrected chi connectivity index (χ2v) is 1.48. The highest BCUT2D eigenvalue weighted by molar-refractivity contribution is 9.19. The van der Waals surface area contributed by atoms with Gasteiger partial charge in [-0.2, -0.15) is 0 Å². The monoisotopic (exact) mass is 166 g/mol. The third-order valence-electron chi connectivity index (χ3n) is 0.260. The average Bonchev–Trinajstić information content (AvgIpc) is 1.68. The maximum atomic E-state index is 7.80. The Labute approximate surface area is 48.3 Å². The van der Waals surface area contributed by atoms with Crippen molar-refractivity contribution in [3.63, 3.8) is 0 Å². The maximum Gasteiger partial charge on any atom is 0.166 e. The van der Waals surface area contributed by atoms with Crippen LogP contribution in [0.15, 0.2) is 10.3 Å². The molecule has 0 spiro atoms. The molecular weight excluding hydrogens is 164 g/mol. The van der Waals surface area contributed by atoms with E-state index in [0.29, 0.717) is 0 Å². The van der Waals surface area contributed by atoms with E-state index in [0.717, 1.165) is 6.21 Å². The molecular formula is C2H3BrN2O2. The summed E-state index contributed by atoms with van der Waals surface area (Å²) < 4.78 is 0.0787. The van der Waals surface area contributed by atoms with Crippen molar-refractivity contribution < 1.29 is 10.4 Å². The van der Waals surface area contributed by atoms with Crippen LogP contribution in [-0.4, -0.2) is 21.3 Å². The molecule has 0 radical (unpaired) electrons. The van der Waals surface area contributed by atoms with Gasteiger partial charge in [-0.05, 0) is 15.9 Å². The van der Waals surface area contributed by atoms with E-state index in [2.05, 4.69) is 26.2 Å². The SMILES string of the molecule is O/N=C\C(Br)=N/O. The quantitative estimate of drug-likeness (QED) is 0.341. The van der Waals surface area contributed by atoms with E-state index in [1.54, 1.807) is 0 Å². The van der Waals surface area contributed by atoms with E-state index < -0.39 is 0 Å². The van der Waals surface area contributed by atoms with Crippen LogP contribution in [-0.2, 0) is 0 Å². The number of rotatable bonds is 1. The van der Waals surface area contributed by atoms with Gasteiger partial charge >= 0.3 is 0 Å². The van der Waals surface area contributed by atoms with Gasteiger partial charge in [0, 0.05) is 0 Å². The van der Waals surface area contributed by atoms with Crippen molar-refractivity contribution in [1.29, 1.82) is 0 Å². The molecule has 4 nitrogen and oxygen atoms in total. The third-order valence-corrected chi connectivity index (χ3v) is 0.623. The van der Waals surface area contributed by atoms with Crippen molar-refractivity contribution in [3.8, 4) is 0 Å². The first-order chi connectivity index (χ1) is 3.31. The highest BCUT2D eigenvalue weighted by atomic mass is 79.9. The molecule has 0 aromatic carbocycles. The Hall–Kier alpha value is -0.580. The Balaban J connectivity index is 3.58. The van der Waals surface area contributed by atoms with Gasteiger partial charge < -0.3 is 10.4 Å². The third kappa shape index (κ3) is 3.24. The lowest BCUT2D eigenvalue weighted by atomic mass is 10.8. The van der Waals surface area contributed by atoms with E-state index >= 15 is 0 Å². The molecule has 0 atom stereocenters. The Bertz CT molecular complexity index is 99.9. The van der Waals surface area contributed by atoms with Gasteiger partial charge in [-0.3, -0.25) is 0 Å². The van der Waals surface area contributed by atoms with Gasteiger partial charge in [0.1, 0.15) is 6.21 Å². The molecule has 0 saturated heterocycles. The van der Waals surface area contributed by atoms with Crippen LogP contribution in [0.25, 0.3) is 0 Å². The summed E-state index contributed by atoms with van der Waals surface area (Å²) in [4.78, 5) is 0. The van der Waals surface area contributed by atoms with E-state index in [1.165, 1.54) is 0 Å². The average molecular weight is 167 g/mol. The highest BCUT2D eigenvalue weighted by Gasteiger charge is 1.80. The fraction of sp³-hybridized carbons (Fsp3) is 0. The van der Waals surface area contributed by atoms with Crippen LogP contribution in [0.2, 0.25) is 0 Å². The summed E-state index contributed by atoms with van der Waals surface area (Å²) in [6, 6.07) is 0. The summed E-state index contributed by atoms with van der Waals surface area (Å²) in [7, 11) is 0. The van der Waals surface area contributed by atoms with Crippen LogP contribution < -0.4 is 0 Å². The Morgan fingerprint density at radius 1 is 1.57 bits per heavy atom. The molecule has 40 valence electrons. The minimum absolute atomic E-state index is 0.0787. The fourth-order valence-electron chi connectivity index (χ4n) is 0.0735. The minimum Gasteiger partial charge on any atom is -0.411 e. The zero-order valence-corrected chi connectivity index (χ0v) is 4.83. The zero-order valence-electron chi connectivity index (χ0n) is 3.24. The summed E-state index contributed by atoms with van der Waals surface area (Å²) in [5.74, 6) is 0. The predicted octanol–water partition coefficient (Wildman–Crippen LogP) is 0.629. The van der Waals surface area contributed by atoms with Crippen LogP contribution in [0.5, 0.6) is 0 Å². The van der Waals surface area contributed by atoms with Gasteiger partial charge in [-0.15, -0.1) is 0 Å². The van der Waals surface area contributed by atoms with Crippen LogP contribution in [0, 0.1) is 0 Å². The molecule has 0 unspecified atom stereocenters. The van der Waals surface area contributed by atoms with E-state index in [-0.39, 0.29) is 4.62 Å². The van der Waals surface area contributed by atoms with E-state index in [4.69, 9.17) is 10.4 Å². The topological polar surface area (TPSA) is 65.2 Å². The fourth-order valence-corrected chi connectivity index (χ4v) is 0.165. The number of hydrogen-bond acceptors (Lipinski definition) is 4.